The molecule has 0 radical (unpaired) electrons. The molecule has 0 bridgehead atoms. The molecule has 0 aliphatic carbocycles. The van der Waals surface area contributed by atoms with Gasteiger partial charge in [-0.3, -0.25) is 14.8 Å². The second kappa shape index (κ2) is 11.6. The maximum Gasteiger partial charge on any atom is 0.261 e. The smallest absolute Gasteiger partial charge is 0.261 e. The molecule has 0 atom stereocenters. The molecule has 3 aromatic rings. The van der Waals surface area contributed by atoms with Crippen LogP contribution in [0.2, 0.25) is 0 Å². The summed E-state index contributed by atoms with van der Waals surface area (Å²) in [5.74, 6) is 0.368. The predicted octanol–water partition coefficient (Wildman–Crippen LogP) is 5.03. The monoisotopic (exact) mass is 509 g/mol. The lowest BCUT2D eigenvalue weighted by Crippen LogP contribution is -2.32. The van der Waals surface area contributed by atoms with Gasteiger partial charge in [-0.2, -0.15) is 0 Å². The number of hydrogen-bond donors (Lipinski definition) is 3. The van der Waals surface area contributed by atoms with Crippen molar-refractivity contribution in [1.29, 1.82) is 0 Å². The lowest BCUT2D eigenvalue weighted by Gasteiger charge is -2.14. The minimum atomic E-state index is -3.76. The van der Waals surface area contributed by atoms with Gasteiger partial charge in [0, 0.05) is 11.8 Å². The summed E-state index contributed by atoms with van der Waals surface area (Å²) < 4.78 is 33.6. The third kappa shape index (κ3) is 7.40. The van der Waals surface area contributed by atoms with Crippen molar-refractivity contribution in [3.05, 3.63) is 89.5 Å². The second-order valence-corrected chi connectivity index (χ2v) is 9.77. The summed E-state index contributed by atoms with van der Waals surface area (Å²) in [5.41, 5.74) is 3.62. The number of carbonyl (C=O) groups excluding carboxylic acids is 1. The van der Waals surface area contributed by atoms with Crippen molar-refractivity contribution in [1.82, 2.24) is 5.32 Å². The highest BCUT2D eigenvalue weighted by molar-refractivity contribution is 7.92. The molecule has 0 fully saturated rings. The first-order valence-electron chi connectivity index (χ1n) is 10.9. The Bertz CT molecular complexity index is 1310. The number of sulfonamides is 1. The zero-order valence-electron chi connectivity index (χ0n) is 19.7. The average molecular weight is 510 g/mol. The summed E-state index contributed by atoms with van der Waals surface area (Å²) in [4.78, 5) is 12.3. The van der Waals surface area contributed by atoms with E-state index in [9.17, 15) is 13.2 Å². The lowest BCUT2D eigenvalue weighted by atomic mass is 10.1. The van der Waals surface area contributed by atoms with Crippen LogP contribution in [-0.4, -0.2) is 26.0 Å². The van der Waals surface area contributed by atoms with Crippen LogP contribution < -0.4 is 20.1 Å². The van der Waals surface area contributed by atoms with E-state index in [1.165, 1.54) is 18.2 Å². The van der Waals surface area contributed by atoms with Crippen LogP contribution in [0.3, 0.4) is 0 Å². The van der Waals surface area contributed by atoms with Crippen molar-refractivity contribution in [2.45, 2.75) is 25.7 Å². The zero-order chi connectivity index (χ0) is 25.4. The molecule has 7 nitrogen and oxygen atoms in total. The predicted molar refractivity (Wildman–Crippen MR) is 144 cm³/mol. The highest BCUT2D eigenvalue weighted by atomic mass is 32.2. The van der Waals surface area contributed by atoms with Gasteiger partial charge in [-0.25, -0.2) is 8.42 Å². The maximum absolute atomic E-state index is 12.8. The molecule has 0 aromatic heterocycles. The lowest BCUT2D eigenvalue weighted by molar-refractivity contribution is -0.115. The number of rotatable bonds is 8. The van der Waals surface area contributed by atoms with Crippen molar-refractivity contribution in [2.24, 2.45) is 0 Å². The molecule has 0 heterocycles. The Morgan fingerprint density at radius 1 is 0.971 bits per heavy atom. The van der Waals surface area contributed by atoms with Crippen molar-refractivity contribution in [2.75, 3.05) is 16.6 Å². The molecule has 0 aliphatic heterocycles. The molecule has 0 saturated heterocycles. The van der Waals surface area contributed by atoms with E-state index < -0.39 is 15.9 Å². The van der Waals surface area contributed by atoms with Gasteiger partial charge in [-0.1, -0.05) is 30.3 Å². The second-order valence-electron chi connectivity index (χ2n) is 7.68. The highest BCUT2D eigenvalue weighted by Crippen LogP contribution is 2.24. The molecule has 1 amide bonds. The normalized spacial score (nSPS) is 11.2. The molecule has 182 valence electrons. The number of thiocarbonyl (C=S) groups is 1. The van der Waals surface area contributed by atoms with Gasteiger partial charge in [-0.15, -0.1) is 0 Å². The minimum Gasteiger partial charge on any atom is -0.494 e. The van der Waals surface area contributed by atoms with Crippen LogP contribution in [0.5, 0.6) is 5.75 Å². The van der Waals surface area contributed by atoms with Crippen LogP contribution in [0.4, 0.5) is 11.4 Å². The molecular weight excluding hydrogens is 482 g/mol. The van der Waals surface area contributed by atoms with E-state index >= 15 is 0 Å². The summed E-state index contributed by atoms with van der Waals surface area (Å²) in [5, 5.41) is 5.53. The molecular formula is C26H27N3O4S2. The first-order valence-corrected chi connectivity index (χ1v) is 12.8. The summed E-state index contributed by atoms with van der Waals surface area (Å²) in [6.07, 6.45) is 3.04. The van der Waals surface area contributed by atoms with E-state index in [-0.39, 0.29) is 10.0 Å². The zero-order valence-corrected chi connectivity index (χ0v) is 21.3. The van der Waals surface area contributed by atoms with Crippen LogP contribution in [0.25, 0.3) is 6.08 Å². The van der Waals surface area contributed by atoms with Gasteiger partial charge in [0.1, 0.15) is 5.75 Å². The molecule has 0 aliphatic rings. The first-order chi connectivity index (χ1) is 16.7. The number of benzene rings is 3. The van der Waals surface area contributed by atoms with E-state index in [0.717, 1.165) is 22.4 Å². The third-order valence-electron chi connectivity index (χ3n) is 5.00. The minimum absolute atomic E-state index is 0.0932. The number of carbonyl (C=O) groups is 1. The SMILES string of the molecule is CCOc1ccc(/C=C/C(=O)NC(=S)Nc2ccc(S(=O)(=O)Nc3c(C)cccc3C)cc2)cc1. The van der Waals surface area contributed by atoms with Crippen LogP contribution in [-0.2, 0) is 14.8 Å². The molecule has 0 spiro atoms. The van der Waals surface area contributed by atoms with E-state index in [1.807, 2.05) is 63.2 Å². The molecule has 35 heavy (non-hydrogen) atoms. The summed E-state index contributed by atoms with van der Waals surface area (Å²) in [6.45, 7) is 6.20. The van der Waals surface area contributed by atoms with Gasteiger partial charge >= 0.3 is 0 Å². The van der Waals surface area contributed by atoms with Crippen LogP contribution in [0.15, 0.2) is 77.7 Å². The molecule has 3 rings (SSSR count). The Morgan fingerprint density at radius 2 is 1.60 bits per heavy atom. The fourth-order valence-electron chi connectivity index (χ4n) is 3.22. The van der Waals surface area contributed by atoms with Crippen molar-refractivity contribution in [3.8, 4) is 5.75 Å². The van der Waals surface area contributed by atoms with Gasteiger partial charge < -0.3 is 10.1 Å². The van der Waals surface area contributed by atoms with Gasteiger partial charge in [-0.05, 0) is 92.2 Å². The van der Waals surface area contributed by atoms with Gasteiger partial charge in [0.25, 0.3) is 10.0 Å². The quantitative estimate of drug-likeness (QED) is 0.291. The van der Waals surface area contributed by atoms with Gasteiger partial charge in [0.05, 0.1) is 17.2 Å². The summed E-state index contributed by atoms with van der Waals surface area (Å²) in [6, 6.07) is 19.0. The first kappa shape index (κ1) is 25.9. The van der Waals surface area contributed by atoms with Crippen molar-refractivity contribution < 1.29 is 17.9 Å². The molecule has 9 heteroatoms. The Morgan fingerprint density at radius 3 is 2.20 bits per heavy atom. The maximum atomic E-state index is 12.8. The molecule has 3 aromatic carbocycles. The molecule has 0 unspecified atom stereocenters. The number of amides is 1. The van der Waals surface area contributed by atoms with E-state index in [2.05, 4.69) is 15.4 Å². The van der Waals surface area contributed by atoms with E-state index in [0.29, 0.717) is 18.0 Å². The van der Waals surface area contributed by atoms with Gasteiger partial charge in [0.15, 0.2) is 5.11 Å². The Balaban J connectivity index is 1.57. The summed E-state index contributed by atoms with van der Waals surface area (Å²) in [7, 11) is -3.76. The van der Waals surface area contributed by atoms with Crippen LogP contribution in [0.1, 0.15) is 23.6 Å². The average Bonchev–Trinajstić information content (AvgIpc) is 2.81. The van der Waals surface area contributed by atoms with E-state index in [4.69, 9.17) is 17.0 Å². The fourth-order valence-corrected chi connectivity index (χ4v) is 4.64. The number of ether oxygens (including phenoxy) is 1. The van der Waals surface area contributed by atoms with Crippen LogP contribution in [0, 0.1) is 13.8 Å². The fraction of sp³-hybridized carbons (Fsp3) is 0.154. The number of para-hydroxylation sites is 1. The van der Waals surface area contributed by atoms with Crippen LogP contribution >= 0.6 is 12.2 Å². The van der Waals surface area contributed by atoms with E-state index in [1.54, 1.807) is 18.2 Å². The third-order valence-corrected chi connectivity index (χ3v) is 6.56. The standard InChI is InChI=1S/C26H27N3O4S2/c1-4-33-22-13-8-20(9-14-22)10-17-24(30)28-26(34)27-21-11-15-23(16-12-21)35(31,32)29-25-18(2)6-5-7-19(25)3/h5-17,29H,4H2,1-3H3,(H2,27,28,30,34)/b17-10+. The Labute approximate surface area is 211 Å². The van der Waals surface area contributed by atoms with Crippen molar-refractivity contribution >= 4 is 50.7 Å². The number of hydrogen-bond acceptors (Lipinski definition) is 5. The van der Waals surface area contributed by atoms with Crippen molar-refractivity contribution in [3.63, 3.8) is 0 Å². The summed E-state index contributed by atoms with van der Waals surface area (Å²) >= 11 is 5.19. The number of anilines is 2. The Kier molecular flexibility index (Phi) is 8.62. The largest absolute Gasteiger partial charge is 0.494 e. The van der Waals surface area contributed by atoms with Gasteiger partial charge in [0.2, 0.25) is 5.91 Å². The number of nitrogens with one attached hydrogen (secondary N) is 3. The molecule has 3 N–H and O–H groups in total. The molecule has 0 saturated carbocycles. The topological polar surface area (TPSA) is 96.5 Å². The Hall–Kier alpha value is -3.69. The highest BCUT2D eigenvalue weighted by Gasteiger charge is 2.16. The number of aryl methyl sites for hydroxylation is 2.